The van der Waals surface area contributed by atoms with Gasteiger partial charge in [-0.05, 0) is 29.8 Å². The molecule has 0 atom stereocenters. The Hall–Kier alpha value is -3.10. The van der Waals surface area contributed by atoms with E-state index in [-0.39, 0.29) is 5.78 Å². The Morgan fingerprint density at radius 1 is 0.731 bits per heavy atom. The number of rotatable bonds is 4. The summed E-state index contributed by atoms with van der Waals surface area (Å²) in [5, 5.41) is 0.673. The van der Waals surface area contributed by atoms with Crippen LogP contribution in [0, 0.1) is 0 Å². The van der Waals surface area contributed by atoms with Crippen LogP contribution in [0.1, 0.15) is 15.9 Å². The SMILES string of the molecule is O=C(c1ccccc1)c1cn(-c2ccccc2)cc1-c1ccc(Cl)cc1. The molecule has 0 bridgehead atoms. The van der Waals surface area contributed by atoms with Crippen molar-refractivity contribution < 1.29 is 4.79 Å². The van der Waals surface area contributed by atoms with Crippen molar-refractivity contribution >= 4 is 17.4 Å². The quantitative estimate of drug-likeness (QED) is 0.409. The van der Waals surface area contributed by atoms with Gasteiger partial charge in [-0.15, -0.1) is 0 Å². The molecule has 0 aliphatic carbocycles. The lowest BCUT2D eigenvalue weighted by Crippen LogP contribution is -2.01. The molecule has 0 amide bonds. The molecule has 0 unspecified atom stereocenters. The fourth-order valence-corrected chi connectivity index (χ4v) is 3.12. The van der Waals surface area contributed by atoms with Crippen molar-refractivity contribution in [3.8, 4) is 16.8 Å². The summed E-state index contributed by atoms with van der Waals surface area (Å²) in [6, 6.07) is 26.9. The van der Waals surface area contributed by atoms with Crippen molar-refractivity contribution in [1.29, 1.82) is 0 Å². The summed E-state index contributed by atoms with van der Waals surface area (Å²) in [4.78, 5) is 13.1. The van der Waals surface area contributed by atoms with Crippen LogP contribution in [-0.4, -0.2) is 10.4 Å². The third-order valence-electron chi connectivity index (χ3n) is 4.32. The number of para-hydroxylation sites is 1. The van der Waals surface area contributed by atoms with Crippen molar-refractivity contribution in [1.82, 2.24) is 4.57 Å². The zero-order valence-electron chi connectivity index (χ0n) is 14.0. The van der Waals surface area contributed by atoms with Gasteiger partial charge in [0.1, 0.15) is 0 Å². The molecule has 3 heteroatoms. The molecule has 0 aliphatic heterocycles. The van der Waals surface area contributed by atoms with E-state index >= 15 is 0 Å². The van der Waals surface area contributed by atoms with E-state index in [2.05, 4.69) is 0 Å². The molecule has 0 saturated heterocycles. The molecule has 26 heavy (non-hydrogen) atoms. The normalized spacial score (nSPS) is 10.7. The van der Waals surface area contributed by atoms with Gasteiger partial charge >= 0.3 is 0 Å². The fourth-order valence-electron chi connectivity index (χ4n) is 2.99. The summed E-state index contributed by atoms with van der Waals surface area (Å²) >= 11 is 6.03. The van der Waals surface area contributed by atoms with E-state index in [4.69, 9.17) is 11.6 Å². The Morgan fingerprint density at radius 3 is 2.00 bits per heavy atom. The zero-order chi connectivity index (χ0) is 17.9. The first-order chi connectivity index (χ1) is 12.7. The molecule has 4 rings (SSSR count). The lowest BCUT2D eigenvalue weighted by atomic mass is 9.98. The highest BCUT2D eigenvalue weighted by molar-refractivity contribution is 6.30. The van der Waals surface area contributed by atoms with E-state index in [1.807, 2.05) is 102 Å². The highest BCUT2D eigenvalue weighted by Crippen LogP contribution is 2.29. The summed E-state index contributed by atoms with van der Waals surface area (Å²) in [5.74, 6) is 0.00484. The first kappa shape index (κ1) is 16.4. The molecule has 0 fully saturated rings. The molecule has 0 radical (unpaired) electrons. The van der Waals surface area contributed by atoms with Crippen LogP contribution in [0.2, 0.25) is 5.02 Å². The Balaban J connectivity index is 1.87. The molecular weight excluding hydrogens is 342 g/mol. The smallest absolute Gasteiger partial charge is 0.195 e. The Labute approximate surface area is 157 Å². The van der Waals surface area contributed by atoms with Crippen molar-refractivity contribution in [2.24, 2.45) is 0 Å². The number of benzene rings is 3. The van der Waals surface area contributed by atoms with Crippen molar-refractivity contribution in [3.63, 3.8) is 0 Å². The second kappa shape index (κ2) is 7.03. The molecule has 4 aromatic rings. The Kier molecular flexibility index (Phi) is 4.42. The van der Waals surface area contributed by atoms with E-state index < -0.39 is 0 Å². The van der Waals surface area contributed by atoms with Gasteiger partial charge in [0, 0.05) is 39.8 Å². The standard InChI is InChI=1S/C23H16ClNO/c24-19-13-11-17(12-14-19)21-15-25(20-9-5-2-6-10-20)16-22(21)23(26)18-7-3-1-4-8-18/h1-16H. The van der Waals surface area contributed by atoms with Crippen LogP contribution in [0.25, 0.3) is 16.8 Å². The van der Waals surface area contributed by atoms with E-state index in [0.29, 0.717) is 16.1 Å². The Bertz CT molecular complexity index is 1030. The van der Waals surface area contributed by atoms with E-state index in [1.54, 1.807) is 0 Å². The average molecular weight is 358 g/mol. The number of hydrogen-bond acceptors (Lipinski definition) is 1. The van der Waals surface area contributed by atoms with Gasteiger partial charge in [-0.3, -0.25) is 4.79 Å². The second-order valence-electron chi connectivity index (χ2n) is 6.03. The minimum atomic E-state index is 0.00484. The van der Waals surface area contributed by atoms with Gasteiger partial charge in [0.05, 0.1) is 0 Å². The van der Waals surface area contributed by atoms with Gasteiger partial charge < -0.3 is 4.57 Å². The summed E-state index contributed by atoms with van der Waals surface area (Å²) in [5.41, 5.74) is 4.20. The largest absolute Gasteiger partial charge is 0.322 e. The number of carbonyl (C=O) groups is 1. The predicted molar refractivity (Wildman–Crippen MR) is 106 cm³/mol. The summed E-state index contributed by atoms with van der Waals surface area (Å²) in [6.45, 7) is 0. The minimum Gasteiger partial charge on any atom is -0.322 e. The van der Waals surface area contributed by atoms with Crippen molar-refractivity contribution in [2.75, 3.05) is 0 Å². The van der Waals surface area contributed by atoms with Crippen LogP contribution in [0.3, 0.4) is 0 Å². The van der Waals surface area contributed by atoms with Crippen LogP contribution in [0.5, 0.6) is 0 Å². The molecule has 3 aromatic carbocycles. The zero-order valence-corrected chi connectivity index (χ0v) is 14.7. The van der Waals surface area contributed by atoms with Gasteiger partial charge in [-0.1, -0.05) is 72.3 Å². The van der Waals surface area contributed by atoms with Crippen molar-refractivity contribution in [2.45, 2.75) is 0 Å². The number of aromatic nitrogens is 1. The monoisotopic (exact) mass is 357 g/mol. The molecule has 126 valence electrons. The maximum atomic E-state index is 13.1. The molecule has 2 nitrogen and oxygen atoms in total. The molecule has 0 saturated carbocycles. The number of halogens is 1. The molecule has 1 heterocycles. The van der Waals surface area contributed by atoms with E-state index in [9.17, 15) is 4.79 Å². The number of ketones is 1. The third kappa shape index (κ3) is 3.19. The minimum absolute atomic E-state index is 0.00484. The number of carbonyl (C=O) groups excluding carboxylic acids is 1. The average Bonchev–Trinajstić information content (AvgIpc) is 3.15. The lowest BCUT2D eigenvalue weighted by Gasteiger charge is -2.04. The molecule has 0 aliphatic rings. The van der Waals surface area contributed by atoms with Crippen LogP contribution in [0.15, 0.2) is 97.3 Å². The highest BCUT2D eigenvalue weighted by atomic mass is 35.5. The lowest BCUT2D eigenvalue weighted by molar-refractivity contribution is 0.103. The van der Waals surface area contributed by atoms with Gasteiger partial charge in [-0.25, -0.2) is 0 Å². The molecule has 0 N–H and O–H groups in total. The number of nitrogens with zero attached hydrogens (tertiary/aromatic N) is 1. The third-order valence-corrected chi connectivity index (χ3v) is 4.57. The van der Waals surface area contributed by atoms with Gasteiger partial charge in [0.15, 0.2) is 5.78 Å². The summed E-state index contributed by atoms with van der Waals surface area (Å²) < 4.78 is 1.99. The Morgan fingerprint density at radius 2 is 1.35 bits per heavy atom. The van der Waals surface area contributed by atoms with Crippen LogP contribution < -0.4 is 0 Å². The predicted octanol–water partition coefficient (Wildman–Crippen LogP) is 6.03. The van der Waals surface area contributed by atoms with Gasteiger partial charge in [-0.2, -0.15) is 0 Å². The van der Waals surface area contributed by atoms with E-state index in [0.717, 1.165) is 16.8 Å². The van der Waals surface area contributed by atoms with Crippen LogP contribution in [-0.2, 0) is 0 Å². The maximum absolute atomic E-state index is 13.1. The summed E-state index contributed by atoms with van der Waals surface area (Å²) in [7, 11) is 0. The second-order valence-corrected chi connectivity index (χ2v) is 6.47. The first-order valence-corrected chi connectivity index (χ1v) is 8.73. The molecule has 0 spiro atoms. The van der Waals surface area contributed by atoms with Crippen molar-refractivity contribution in [3.05, 3.63) is 113 Å². The fraction of sp³-hybridized carbons (Fsp3) is 0. The number of hydrogen-bond donors (Lipinski definition) is 0. The van der Waals surface area contributed by atoms with E-state index in [1.165, 1.54) is 0 Å². The highest BCUT2D eigenvalue weighted by Gasteiger charge is 2.18. The summed E-state index contributed by atoms with van der Waals surface area (Å²) in [6.07, 6.45) is 3.89. The molecular formula is C23H16ClNO. The first-order valence-electron chi connectivity index (χ1n) is 8.35. The maximum Gasteiger partial charge on any atom is 0.195 e. The topological polar surface area (TPSA) is 22.0 Å². The molecule has 1 aromatic heterocycles. The van der Waals surface area contributed by atoms with Crippen LogP contribution >= 0.6 is 11.6 Å². The van der Waals surface area contributed by atoms with Crippen LogP contribution in [0.4, 0.5) is 0 Å². The van der Waals surface area contributed by atoms with Gasteiger partial charge in [0.25, 0.3) is 0 Å². The van der Waals surface area contributed by atoms with Gasteiger partial charge in [0.2, 0.25) is 0 Å².